The van der Waals surface area contributed by atoms with Gasteiger partial charge in [0.1, 0.15) is 6.10 Å². The number of carbonyl (C=O) groups is 1. The molecule has 0 spiro atoms. The maximum atomic E-state index is 12.1. The van der Waals surface area contributed by atoms with E-state index in [1.165, 1.54) is 0 Å². The van der Waals surface area contributed by atoms with Gasteiger partial charge in [0.25, 0.3) is 0 Å². The molecule has 1 aliphatic heterocycles. The summed E-state index contributed by atoms with van der Waals surface area (Å²) in [5, 5.41) is 0. The number of benzene rings is 1. The minimum Gasteiger partial charge on any atom is -0.376 e. The van der Waals surface area contributed by atoms with Gasteiger partial charge in [-0.25, -0.2) is 0 Å². The van der Waals surface area contributed by atoms with Gasteiger partial charge in [0.05, 0.1) is 19.8 Å². The monoisotopic (exact) mass is 220 g/mol. The second-order valence-corrected chi connectivity index (χ2v) is 4.12. The Morgan fingerprint density at radius 1 is 1.31 bits per heavy atom. The molecule has 0 N–H and O–H groups in total. The zero-order chi connectivity index (χ0) is 11.5. The molecule has 0 aliphatic carbocycles. The Labute approximate surface area is 95.4 Å². The first-order valence-corrected chi connectivity index (χ1v) is 5.49. The van der Waals surface area contributed by atoms with E-state index in [0.29, 0.717) is 19.8 Å². The van der Waals surface area contributed by atoms with E-state index >= 15 is 0 Å². The van der Waals surface area contributed by atoms with Gasteiger partial charge in [0.2, 0.25) is 0 Å². The fourth-order valence-electron chi connectivity index (χ4n) is 1.90. The highest BCUT2D eigenvalue weighted by molar-refractivity contribution is 6.00. The number of Topliss-reactive ketones (excluding diaryl/α,β-unsaturated/α-hetero) is 1. The van der Waals surface area contributed by atoms with E-state index in [9.17, 15) is 4.79 Å². The van der Waals surface area contributed by atoms with Gasteiger partial charge in [0, 0.05) is 5.56 Å². The van der Waals surface area contributed by atoms with Gasteiger partial charge in [-0.05, 0) is 19.4 Å². The lowest BCUT2D eigenvalue weighted by Crippen LogP contribution is -2.35. The van der Waals surface area contributed by atoms with E-state index < -0.39 is 6.10 Å². The number of carbonyl (C=O) groups excluding carboxylic acids is 1. The molecule has 1 aromatic carbocycles. The summed E-state index contributed by atoms with van der Waals surface area (Å²) < 4.78 is 10.6. The van der Waals surface area contributed by atoms with Crippen LogP contribution < -0.4 is 0 Å². The molecule has 0 bridgehead atoms. The van der Waals surface area contributed by atoms with E-state index in [1.54, 1.807) is 0 Å². The first kappa shape index (κ1) is 11.3. The van der Waals surface area contributed by atoms with Crippen LogP contribution in [-0.4, -0.2) is 31.7 Å². The van der Waals surface area contributed by atoms with Gasteiger partial charge >= 0.3 is 0 Å². The summed E-state index contributed by atoms with van der Waals surface area (Å²) in [6.45, 7) is 5.41. The van der Waals surface area contributed by atoms with Crippen LogP contribution in [0.2, 0.25) is 0 Å². The van der Waals surface area contributed by atoms with Gasteiger partial charge in [0.15, 0.2) is 5.78 Å². The maximum absolute atomic E-state index is 12.1. The van der Waals surface area contributed by atoms with E-state index in [-0.39, 0.29) is 5.78 Å². The smallest absolute Gasteiger partial charge is 0.194 e. The van der Waals surface area contributed by atoms with Crippen molar-refractivity contribution >= 4 is 5.78 Å². The molecule has 1 heterocycles. The zero-order valence-electron chi connectivity index (χ0n) is 9.66. The number of hydrogen-bond donors (Lipinski definition) is 0. The van der Waals surface area contributed by atoms with Crippen LogP contribution >= 0.6 is 0 Å². The van der Waals surface area contributed by atoms with Crippen molar-refractivity contribution in [2.45, 2.75) is 20.0 Å². The molecular formula is C13H16O3. The first-order valence-electron chi connectivity index (χ1n) is 5.49. The van der Waals surface area contributed by atoms with E-state index in [4.69, 9.17) is 9.47 Å². The van der Waals surface area contributed by atoms with Crippen LogP contribution in [0.25, 0.3) is 0 Å². The van der Waals surface area contributed by atoms with E-state index in [2.05, 4.69) is 0 Å². The minimum absolute atomic E-state index is 0.0252. The molecule has 86 valence electrons. The average Bonchev–Trinajstić information content (AvgIpc) is 2.29. The van der Waals surface area contributed by atoms with Gasteiger partial charge in [-0.15, -0.1) is 0 Å². The normalized spacial score (nSPS) is 20.8. The fourth-order valence-corrected chi connectivity index (χ4v) is 1.90. The van der Waals surface area contributed by atoms with Crippen LogP contribution in [0.4, 0.5) is 0 Å². The lowest BCUT2D eigenvalue weighted by molar-refractivity contribution is -0.0719. The Kier molecular flexibility index (Phi) is 3.36. The summed E-state index contributed by atoms with van der Waals surface area (Å²) in [6.07, 6.45) is -0.435. The fraction of sp³-hybridized carbons (Fsp3) is 0.462. The van der Waals surface area contributed by atoms with Crippen LogP contribution in [0.15, 0.2) is 18.2 Å². The highest BCUT2D eigenvalue weighted by atomic mass is 16.6. The van der Waals surface area contributed by atoms with Crippen LogP contribution in [-0.2, 0) is 9.47 Å². The van der Waals surface area contributed by atoms with Crippen LogP contribution in [0.1, 0.15) is 21.5 Å². The molecule has 1 saturated heterocycles. The van der Waals surface area contributed by atoms with Crippen molar-refractivity contribution in [1.29, 1.82) is 0 Å². The molecule has 3 heteroatoms. The van der Waals surface area contributed by atoms with Crippen molar-refractivity contribution in [2.24, 2.45) is 0 Å². The molecular weight excluding hydrogens is 204 g/mol. The lowest BCUT2D eigenvalue weighted by atomic mass is 9.99. The molecule has 0 radical (unpaired) electrons. The maximum Gasteiger partial charge on any atom is 0.194 e. The van der Waals surface area contributed by atoms with Gasteiger partial charge < -0.3 is 9.47 Å². The highest BCUT2D eigenvalue weighted by Gasteiger charge is 2.24. The molecule has 1 atom stereocenters. The molecule has 0 saturated carbocycles. The molecule has 3 nitrogen and oxygen atoms in total. The van der Waals surface area contributed by atoms with Crippen molar-refractivity contribution in [1.82, 2.24) is 0 Å². The summed E-state index contributed by atoms with van der Waals surface area (Å²) in [7, 11) is 0. The Morgan fingerprint density at radius 2 is 2.12 bits per heavy atom. The van der Waals surface area contributed by atoms with Gasteiger partial charge in [-0.3, -0.25) is 4.79 Å². The van der Waals surface area contributed by atoms with E-state index in [0.717, 1.165) is 16.7 Å². The van der Waals surface area contributed by atoms with E-state index in [1.807, 2.05) is 32.0 Å². The largest absolute Gasteiger partial charge is 0.376 e. The summed E-state index contributed by atoms with van der Waals surface area (Å²) in [5.41, 5.74) is 2.90. The second-order valence-electron chi connectivity index (χ2n) is 4.12. The predicted octanol–water partition coefficient (Wildman–Crippen LogP) is 1.90. The third kappa shape index (κ3) is 2.31. The Morgan fingerprint density at radius 3 is 2.75 bits per heavy atom. The average molecular weight is 220 g/mol. The highest BCUT2D eigenvalue weighted by Crippen LogP contribution is 2.15. The summed E-state index contributed by atoms with van der Waals surface area (Å²) in [6, 6.07) is 5.83. The standard InChI is InChI=1S/C13H16O3/c1-9-3-4-11(10(2)7-9)13(14)12-8-15-5-6-16-12/h3-4,7,12H,5-6,8H2,1-2H3. The Hall–Kier alpha value is -1.19. The third-order valence-corrected chi connectivity index (χ3v) is 2.76. The topological polar surface area (TPSA) is 35.5 Å². The number of ketones is 1. The Balaban J connectivity index is 2.19. The zero-order valence-corrected chi connectivity index (χ0v) is 9.66. The van der Waals surface area contributed by atoms with Crippen molar-refractivity contribution in [3.63, 3.8) is 0 Å². The molecule has 2 rings (SSSR count). The SMILES string of the molecule is Cc1ccc(C(=O)C2COCCO2)c(C)c1. The molecule has 1 aliphatic rings. The van der Waals surface area contributed by atoms with Crippen LogP contribution in [0.3, 0.4) is 0 Å². The first-order chi connectivity index (χ1) is 7.68. The summed E-state index contributed by atoms with van der Waals surface area (Å²) >= 11 is 0. The van der Waals surface area contributed by atoms with Crippen molar-refractivity contribution in [3.8, 4) is 0 Å². The van der Waals surface area contributed by atoms with Crippen LogP contribution in [0, 0.1) is 13.8 Å². The molecule has 0 aromatic heterocycles. The molecule has 0 amide bonds. The van der Waals surface area contributed by atoms with Crippen LogP contribution in [0.5, 0.6) is 0 Å². The van der Waals surface area contributed by atoms with Crippen molar-refractivity contribution in [2.75, 3.05) is 19.8 Å². The molecule has 1 unspecified atom stereocenters. The number of hydrogen-bond acceptors (Lipinski definition) is 3. The predicted molar refractivity (Wildman–Crippen MR) is 60.8 cm³/mol. The quantitative estimate of drug-likeness (QED) is 0.714. The lowest BCUT2D eigenvalue weighted by Gasteiger charge is -2.22. The van der Waals surface area contributed by atoms with Crippen molar-refractivity contribution in [3.05, 3.63) is 34.9 Å². The third-order valence-electron chi connectivity index (χ3n) is 2.76. The van der Waals surface area contributed by atoms with Gasteiger partial charge in [-0.1, -0.05) is 23.8 Å². The molecule has 1 fully saturated rings. The minimum atomic E-state index is -0.435. The second kappa shape index (κ2) is 4.76. The summed E-state index contributed by atoms with van der Waals surface area (Å²) in [5.74, 6) is 0.0252. The van der Waals surface area contributed by atoms with Crippen molar-refractivity contribution < 1.29 is 14.3 Å². The molecule has 16 heavy (non-hydrogen) atoms. The number of ether oxygens (including phenoxy) is 2. The Bertz CT molecular complexity index is 392. The number of rotatable bonds is 2. The number of aryl methyl sites for hydroxylation is 2. The molecule has 1 aromatic rings. The van der Waals surface area contributed by atoms with Gasteiger partial charge in [-0.2, -0.15) is 0 Å². The summed E-state index contributed by atoms with van der Waals surface area (Å²) in [4.78, 5) is 12.1.